The highest BCUT2D eigenvalue weighted by atomic mass is 35.5. The minimum Gasteiger partial charge on any atom is -0.361 e. The molecule has 27 heavy (non-hydrogen) atoms. The smallest absolute Gasteiger partial charge is 0.240 e. The predicted octanol–water partition coefficient (Wildman–Crippen LogP) is 1.82. The van der Waals surface area contributed by atoms with Crippen molar-refractivity contribution in [3.05, 3.63) is 41.3 Å². The standard InChI is InChI=1S/C16H22N4O4S2.ClH/c1-11-15(12(2)24-20-11)9-25-10-16(21)19-13-4-3-5-14(8-13)26(22,23)18-7-6-17;/h3-5,8,18H,6-7,9-10,17H2,1-2H3,(H,19,21);1H. The van der Waals surface area contributed by atoms with Gasteiger partial charge >= 0.3 is 0 Å². The molecule has 0 saturated heterocycles. The molecule has 150 valence electrons. The van der Waals surface area contributed by atoms with Crippen LogP contribution in [0.4, 0.5) is 5.69 Å². The lowest BCUT2D eigenvalue weighted by Crippen LogP contribution is -2.29. The highest BCUT2D eigenvalue weighted by Gasteiger charge is 2.14. The fraction of sp³-hybridized carbons (Fsp3) is 0.375. The Kier molecular flexibility index (Phi) is 9.27. The number of amides is 1. The number of nitrogens with one attached hydrogen (secondary N) is 2. The molecule has 2 rings (SSSR count). The molecule has 0 unspecified atom stereocenters. The number of anilines is 1. The van der Waals surface area contributed by atoms with Crippen LogP contribution in [0.25, 0.3) is 0 Å². The third kappa shape index (κ3) is 6.82. The first kappa shape index (κ1) is 23.4. The first-order chi connectivity index (χ1) is 12.3. The van der Waals surface area contributed by atoms with Gasteiger partial charge in [-0.25, -0.2) is 13.1 Å². The lowest BCUT2D eigenvalue weighted by Gasteiger charge is -2.09. The molecule has 11 heteroatoms. The van der Waals surface area contributed by atoms with Gasteiger partial charge in [0.15, 0.2) is 0 Å². The van der Waals surface area contributed by atoms with E-state index in [1.165, 1.54) is 23.9 Å². The van der Waals surface area contributed by atoms with E-state index in [0.717, 1.165) is 17.0 Å². The summed E-state index contributed by atoms with van der Waals surface area (Å²) in [4.78, 5) is 12.2. The van der Waals surface area contributed by atoms with Crippen molar-refractivity contribution in [1.29, 1.82) is 0 Å². The largest absolute Gasteiger partial charge is 0.361 e. The number of hydrogen-bond donors (Lipinski definition) is 3. The lowest BCUT2D eigenvalue weighted by molar-refractivity contribution is -0.113. The minimum atomic E-state index is -3.64. The number of nitrogens with two attached hydrogens (primary N) is 1. The zero-order valence-electron chi connectivity index (χ0n) is 15.0. The minimum absolute atomic E-state index is 0. The molecule has 0 radical (unpaired) electrons. The Morgan fingerprint density at radius 1 is 1.33 bits per heavy atom. The Bertz CT molecular complexity index is 852. The molecule has 0 saturated carbocycles. The van der Waals surface area contributed by atoms with Crippen LogP contribution >= 0.6 is 24.2 Å². The Labute approximate surface area is 169 Å². The number of benzene rings is 1. The van der Waals surface area contributed by atoms with Crippen molar-refractivity contribution in [1.82, 2.24) is 9.88 Å². The number of aromatic nitrogens is 1. The average Bonchev–Trinajstić information content (AvgIpc) is 2.92. The van der Waals surface area contributed by atoms with Gasteiger partial charge in [0, 0.05) is 30.1 Å². The van der Waals surface area contributed by atoms with Crippen LogP contribution in [0.2, 0.25) is 0 Å². The zero-order valence-corrected chi connectivity index (χ0v) is 17.5. The summed E-state index contributed by atoms with van der Waals surface area (Å²) in [6.45, 7) is 4.05. The van der Waals surface area contributed by atoms with Crippen molar-refractivity contribution < 1.29 is 17.7 Å². The van der Waals surface area contributed by atoms with E-state index in [1.807, 2.05) is 13.8 Å². The monoisotopic (exact) mass is 434 g/mol. The summed E-state index contributed by atoms with van der Waals surface area (Å²) in [5.74, 6) is 1.38. The van der Waals surface area contributed by atoms with E-state index < -0.39 is 10.0 Å². The number of carbonyl (C=O) groups is 1. The van der Waals surface area contributed by atoms with Gasteiger partial charge < -0.3 is 15.6 Å². The van der Waals surface area contributed by atoms with Crippen LogP contribution in [0.3, 0.4) is 0 Å². The topological polar surface area (TPSA) is 127 Å². The molecule has 1 aromatic carbocycles. The molecule has 0 aliphatic heterocycles. The molecule has 0 spiro atoms. The van der Waals surface area contributed by atoms with Crippen molar-refractivity contribution in [2.45, 2.75) is 24.5 Å². The molecule has 4 N–H and O–H groups in total. The van der Waals surface area contributed by atoms with Gasteiger partial charge in [-0.3, -0.25) is 4.79 Å². The van der Waals surface area contributed by atoms with E-state index in [2.05, 4.69) is 15.2 Å². The second kappa shape index (κ2) is 10.7. The van der Waals surface area contributed by atoms with Gasteiger partial charge in [0.2, 0.25) is 15.9 Å². The highest BCUT2D eigenvalue weighted by molar-refractivity contribution is 7.99. The van der Waals surface area contributed by atoms with Gasteiger partial charge in [-0.15, -0.1) is 24.2 Å². The average molecular weight is 435 g/mol. The van der Waals surface area contributed by atoms with Gasteiger partial charge in [0.05, 0.1) is 16.3 Å². The van der Waals surface area contributed by atoms with Crippen molar-refractivity contribution in [3.63, 3.8) is 0 Å². The zero-order chi connectivity index (χ0) is 19.2. The van der Waals surface area contributed by atoms with Crippen molar-refractivity contribution in [2.24, 2.45) is 5.73 Å². The van der Waals surface area contributed by atoms with Crippen LogP contribution < -0.4 is 15.8 Å². The van der Waals surface area contributed by atoms with E-state index in [4.69, 9.17) is 10.3 Å². The summed E-state index contributed by atoms with van der Waals surface area (Å²) in [7, 11) is -3.64. The molecule has 1 heterocycles. The van der Waals surface area contributed by atoms with Gasteiger partial charge in [0.25, 0.3) is 0 Å². The molecular formula is C16H23ClN4O4S2. The van der Waals surface area contributed by atoms with Gasteiger partial charge in [-0.1, -0.05) is 11.2 Å². The summed E-state index contributed by atoms with van der Waals surface area (Å²) in [6, 6.07) is 6.08. The second-order valence-electron chi connectivity index (χ2n) is 5.56. The number of aryl methyl sites for hydroxylation is 2. The van der Waals surface area contributed by atoms with Crippen LogP contribution in [-0.2, 0) is 20.6 Å². The third-order valence-corrected chi connectivity index (χ3v) is 5.94. The fourth-order valence-corrected chi connectivity index (χ4v) is 4.24. The van der Waals surface area contributed by atoms with E-state index >= 15 is 0 Å². The quantitative estimate of drug-likeness (QED) is 0.549. The van der Waals surface area contributed by atoms with Crippen LogP contribution in [-0.4, -0.2) is 38.3 Å². The van der Waals surface area contributed by atoms with Crippen molar-refractivity contribution in [2.75, 3.05) is 24.2 Å². The molecule has 8 nitrogen and oxygen atoms in total. The molecule has 0 aliphatic rings. The molecule has 1 amide bonds. The van der Waals surface area contributed by atoms with Crippen LogP contribution in [0.1, 0.15) is 17.0 Å². The lowest BCUT2D eigenvalue weighted by atomic mass is 10.2. The highest BCUT2D eigenvalue weighted by Crippen LogP contribution is 2.20. The number of hydrogen-bond acceptors (Lipinski definition) is 7. The number of thioether (sulfide) groups is 1. The molecule has 0 fully saturated rings. The molecular weight excluding hydrogens is 412 g/mol. The maximum Gasteiger partial charge on any atom is 0.240 e. The van der Waals surface area contributed by atoms with Crippen LogP contribution in [0.15, 0.2) is 33.7 Å². The molecule has 2 aromatic rings. The second-order valence-corrected chi connectivity index (χ2v) is 8.31. The Hall–Kier alpha value is -1.59. The van der Waals surface area contributed by atoms with Gasteiger partial charge in [-0.2, -0.15) is 0 Å². The van der Waals surface area contributed by atoms with Crippen molar-refractivity contribution >= 4 is 45.8 Å². The number of carbonyl (C=O) groups excluding carboxylic acids is 1. The molecule has 0 atom stereocenters. The van der Waals surface area contributed by atoms with Crippen molar-refractivity contribution in [3.8, 4) is 0 Å². The maximum absolute atomic E-state index is 12.1. The summed E-state index contributed by atoms with van der Waals surface area (Å²) in [6.07, 6.45) is 0. The SMILES string of the molecule is Cc1noc(C)c1CSCC(=O)Nc1cccc(S(=O)(=O)NCCN)c1.Cl. The third-order valence-electron chi connectivity index (χ3n) is 3.53. The van der Waals surface area contributed by atoms with E-state index in [1.54, 1.807) is 12.1 Å². The predicted molar refractivity (Wildman–Crippen MR) is 109 cm³/mol. The molecule has 0 bridgehead atoms. The van der Waals surface area contributed by atoms with Gasteiger partial charge in [0.1, 0.15) is 5.76 Å². The Balaban J connectivity index is 0.00000364. The summed E-state index contributed by atoms with van der Waals surface area (Å²) in [5.41, 5.74) is 7.54. The van der Waals surface area contributed by atoms with Crippen LogP contribution in [0, 0.1) is 13.8 Å². The first-order valence-electron chi connectivity index (χ1n) is 7.92. The summed E-state index contributed by atoms with van der Waals surface area (Å²) >= 11 is 1.43. The van der Waals surface area contributed by atoms with E-state index in [9.17, 15) is 13.2 Å². The summed E-state index contributed by atoms with van der Waals surface area (Å²) < 4.78 is 31.7. The first-order valence-corrected chi connectivity index (χ1v) is 10.6. The van der Waals surface area contributed by atoms with E-state index in [-0.39, 0.29) is 42.1 Å². The Morgan fingerprint density at radius 3 is 2.70 bits per heavy atom. The summed E-state index contributed by atoms with van der Waals surface area (Å²) in [5, 5.41) is 6.58. The fourth-order valence-electron chi connectivity index (χ4n) is 2.17. The maximum atomic E-state index is 12.1. The normalized spacial score (nSPS) is 11.1. The number of halogens is 1. The molecule has 0 aliphatic carbocycles. The molecule has 1 aromatic heterocycles. The van der Waals surface area contributed by atoms with Crippen LogP contribution in [0.5, 0.6) is 0 Å². The van der Waals surface area contributed by atoms with Gasteiger partial charge in [-0.05, 0) is 32.0 Å². The number of sulfonamides is 1. The number of nitrogens with zero attached hydrogens (tertiary/aromatic N) is 1. The Morgan fingerprint density at radius 2 is 2.07 bits per heavy atom. The number of rotatable bonds is 9. The van der Waals surface area contributed by atoms with E-state index in [0.29, 0.717) is 11.4 Å².